The Kier molecular flexibility index (Phi) is 6.65. The molecule has 2 aromatic heterocycles. The molecule has 0 atom stereocenters. The van der Waals surface area contributed by atoms with E-state index >= 15 is 0 Å². The number of hydrogen-bond acceptors (Lipinski definition) is 6. The maximum absolute atomic E-state index is 12.8. The number of thiophene rings is 1. The molecule has 1 aromatic carbocycles. The number of nitrogens with one attached hydrogen (secondary N) is 1. The zero-order valence-electron chi connectivity index (χ0n) is 18.9. The van der Waals surface area contributed by atoms with Crippen LogP contribution in [-0.2, 0) is 17.8 Å². The van der Waals surface area contributed by atoms with E-state index in [0.29, 0.717) is 13.1 Å². The summed E-state index contributed by atoms with van der Waals surface area (Å²) in [5.41, 5.74) is 2.30. The van der Waals surface area contributed by atoms with Crippen LogP contribution >= 0.6 is 27.3 Å². The molecule has 1 N–H and O–H groups in total. The molecule has 0 aliphatic carbocycles. The smallest absolute Gasteiger partial charge is 0.246 e. The van der Waals surface area contributed by atoms with Crippen LogP contribution in [0.4, 0.5) is 11.5 Å². The second kappa shape index (κ2) is 9.29. The molecule has 0 saturated heterocycles. The number of fused-ring (bicyclic) bond motifs is 3. The molecule has 1 aliphatic rings. The first kappa shape index (κ1) is 22.9. The molecule has 1 aliphatic heterocycles. The summed E-state index contributed by atoms with van der Waals surface area (Å²) in [6.45, 7) is 8.56. The highest BCUT2D eigenvalue weighted by Crippen LogP contribution is 2.38. The quantitative estimate of drug-likeness (QED) is 0.464. The summed E-state index contributed by atoms with van der Waals surface area (Å²) in [5, 5.41) is 4.51. The van der Waals surface area contributed by atoms with Crippen LogP contribution < -0.4 is 5.32 Å². The van der Waals surface area contributed by atoms with Crippen LogP contribution in [0.25, 0.3) is 10.2 Å². The Bertz CT molecular complexity index is 1170. The summed E-state index contributed by atoms with van der Waals surface area (Å²) < 4.78 is 1.01. The molecule has 4 rings (SSSR count). The van der Waals surface area contributed by atoms with Crippen molar-refractivity contribution in [2.45, 2.75) is 39.3 Å². The van der Waals surface area contributed by atoms with E-state index in [1.807, 2.05) is 35.2 Å². The van der Waals surface area contributed by atoms with Gasteiger partial charge in [0.25, 0.3) is 0 Å². The molecule has 6 nitrogen and oxygen atoms in total. The Morgan fingerprint density at radius 3 is 2.91 bits per heavy atom. The van der Waals surface area contributed by atoms with Crippen molar-refractivity contribution in [3.8, 4) is 0 Å². The van der Waals surface area contributed by atoms with E-state index in [4.69, 9.17) is 0 Å². The van der Waals surface area contributed by atoms with Crippen LogP contribution in [0.1, 0.15) is 31.2 Å². The maximum Gasteiger partial charge on any atom is 0.246 e. The standard InChI is InChI=1S/C24H28BrN5OS/c1-24(2,3)29(4)11-6-9-20(31)30-12-10-18-19(14-30)32-23-21(18)22(26-15-27-23)28-17-8-5-7-16(25)13-17/h5-9,13,15H,10-12,14H2,1-4H3,(H,26,27,28)/b9-6+. The summed E-state index contributed by atoms with van der Waals surface area (Å²) in [4.78, 5) is 28.1. The van der Waals surface area contributed by atoms with E-state index in [0.717, 1.165) is 39.2 Å². The number of nitrogens with zero attached hydrogens (tertiary/aromatic N) is 4. The molecule has 168 valence electrons. The van der Waals surface area contributed by atoms with Gasteiger partial charge >= 0.3 is 0 Å². The van der Waals surface area contributed by atoms with Gasteiger partial charge in [-0.15, -0.1) is 11.3 Å². The highest BCUT2D eigenvalue weighted by Gasteiger charge is 2.25. The van der Waals surface area contributed by atoms with Crippen molar-refractivity contribution in [1.82, 2.24) is 19.8 Å². The molecule has 0 saturated carbocycles. The van der Waals surface area contributed by atoms with Crippen molar-refractivity contribution < 1.29 is 4.79 Å². The van der Waals surface area contributed by atoms with Crippen LogP contribution in [0, 0.1) is 0 Å². The van der Waals surface area contributed by atoms with Crippen LogP contribution in [0.2, 0.25) is 0 Å². The predicted octanol–water partition coefficient (Wildman–Crippen LogP) is 5.37. The zero-order chi connectivity index (χ0) is 22.9. The van der Waals surface area contributed by atoms with Gasteiger partial charge in [0.15, 0.2) is 0 Å². The number of hydrogen-bond donors (Lipinski definition) is 1. The van der Waals surface area contributed by atoms with Crippen molar-refractivity contribution in [3.05, 3.63) is 57.7 Å². The Morgan fingerprint density at radius 2 is 2.16 bits per heavy atom. The van der Waals surface area contributed by atoms with Gasteiger partial charge in [0.05, 0.1) is 11.9 Å². The van der Waals surface area contributed by atoms with Crippen LogP contribution in [0.5, 0.6) is 0 Å². The van der Waals surface area contributed by atoms with Crippen LogP contribution in [0.3, 0.4) is 0 Å². The first-order valence-corrected chi connectivity index (χ1v) is 12.3. The Hall–Kier alpha value is -2.29. The largest absolute Gasteiger partial charge is 0.340 e. The van der Waals surface area contributed by atoms with E-state index in [1.165, 1.54) is 10.4 Å². The van der Waals surface area contributed by atoms with Crippen molar-refractivity contribution in [2.75, 3.05) is 25.5 Å². The number of anilines is 2. The molecule has 0 spiro atoms. The SMILES string of the molecule is CN(C/C=C/C(=O)N1CCc2c(sc3ncnc(Nc4cccc(Br)c4)c23)C1)C(C)(C)C. The third kappa shape index (κ3) is 5.03. The molecule has 3 aromatic rings. The number of carbonyl (C=O) groups is 1. The van der Waals surface area contributed by atoms with Crippen molar-refractivity contribution in [3.63, 3.8) is 0 Å². The lowest BCUT2D eigenvalue weighted by Crippen LogP contribution is -2.38. The highest BCUT2D eigenvalue weighted by atomic mass is 79.9. The fraction of sp³-hybridized carbons (Fsp3) is 0.375. The summed E-state index contributed by atoms with van der Waals surface area (Å²) in [6.07, 6.45) is 6.07. The number of likely N-dealkylation sites (N-methyl/N-ethyl adjacent to an activating group) is 1. The van der Waals surface area contributed by atoms with E-state index in [1.54, 1.807) is 23.7 Å². The summed E-state index contributed by atoms with van der Waals surface area (Å²) in [7, 11) is 2.07. The molecule has 1 amide bonds. The highest BCUT2D eigenvalue weighted by molar-refractivity contribution is 9.10. The molecule has 8 heteroatoms. The average molecular weight is 514 g/mol. The molecule has 0 bridgehead atoms. The first-order valence-electron chi connectivity index (χ1n) is 10.7. The van der Waals surface area contributed by atoms with Gasteiger partial charge in [-0.2, -0.15) is 0 Å². The molecular weight excluding hydrogens is 486 g/mol. The average Bonchev–Trinajstić information content (AvgIpc) is 3.11. The fourth-order valence-electron chi connectivity index (χ4n) is 3.60. The third-order valence-corrected chi connectivity index (χ3v) is 7.44. The van der Waals surface area contributed by atoms with Gasteiger partial charge < -0.3 is 10.2 Å². The second-order valence-electron chi connectivity index (χ2n) is 9.01. The number of benzene rings is 1. The van der Waals surface area contributed by atoms with Crippen molar-refractivity contribution in [1.29, 1.82) is 0 Å². The maximum atomic E-state index is 12.8. The lowest BCUT2D eigenvalue weighted by Gasteiger charge is -2.31. The van der Waals surface area contributed by atoms with Gasteiger partial charge in [0.1, 0.15) is 17.0 Å². The van der Waals surface area contributed by atoms with E-state index in [9.17, 15) is 4.79 Å². The van der Waals surface area contributed by atoms with Gasteiger partial charge in [-0.3, -0.25) is 9.69 Å². The van der Waals surface area contributed by atoms with Gasteiger partial charge in [0.2, 0.25) is 5.91 Å². The second-order valence-corrected chi connectivity index (χ2v) is 11.0. The summed E-state index contributed by atoms with van der Waals surface area (Å²) in [5.74, 6) is 0.879. The summed E-state index contributed by atoms with van der Waals surface area (Å²) >= 11 is 5.17. The molecular formula is C24H28BrN5OS. The lowest BCUT2D eigenvalue weighted by molar-refractivity contribution is -0.126. The molecule has 3 heterocycles. The van der Waals surface area contributed by atoms with Crippen molar-refractivity contribution >= 4 is 54.9 Å². The van der Waals surface area contributed by atoms with Crippen molar-refractivity contribution in [2.24, 2.45) is 0 Å². The molecule has 32 heavy (non-hydrogen) atoms. The Balaban J connectivity index is 1.51. The van der Waals surface area contributed by atoms with Gasteiger partial charge in [-0.05, 0) is 58.0 Å². The van der Waals surface area contributed by atoms with Gasteiger partial charge in [0, 0.05) is 39.7 Å². The van der Waals surface area contributed by atoms with E-state index in [-0.39, 0.29) is 11.4 Å². The van der Waals surface area contributed by atoms with Gasteiger partial charge in [-0.25, -0.2) is 9.97 Å². The minimum Gasteiger partial charge on any atom is -0.340 e. The van der Waals surface area contributed by atoms with Gasteiger partial charge in [-0.1, -0.05) is 28.1 Å². The number of rotatable bonds is 5. The normalized spacial score (nSPS) is 14.4. The lowest BCUT2D eigenvalue weighted by atomic mass is 10.0. The number of halogens is 1. The van der Waals surface area contributed by atoms with Crippen LogP contribution in [0.15, 0.2) is 47.2 Å². The monoisotopic (exact) mass is 513 g/mol. The number of carbonyl (C=O) groups excluding carboxylic acids is 1. The fourth-order valence-corrected chi connectivity index (χ4v) is 5.21. The minimum absolute atomic E-state index is 0.0639. The van der Waals surface area contributed by atoms with E-state index in [2.05, 4.69) is 63.9 Å². The zero-order valence-corrected chi connectivity index (χ0v) is 21.3. The van der Waals surface area contributed by atoms with E-state index < -0.39 is 0 Å². The Morgan fingerprint density at radius 1 is 1.34 bits per heavy atom. The first-order chi connectivity index (χ1) is 15.2. The topological polar surface area (TPSA) is 61.4 Å². The molecule has 0 unspecified atom stereocenters. The molecule has 0 radical (unpaired) electrons. The number of amides is 1. The van der Waals surface area contributed by atoms with Crippen LogP contribution in [-0.4, -0.2) is 51.4 Å². The number of aromatic nitrogens is 2. The minimum atomic E-state index is 0.0639. The molecule has 0 fully saturated rings. The summed E-state index contributed by atoms with van der Waals surface area (Å²) in [6, 6.07) is 8.02. The predicted molar refractivity (Wildman–Crippen MR) is 135 cm³/mol. The third-order valence-electron chi connectivity index (χ3n) is 5.82. The Labute approximate surface area is 201 Å².